The SMILES string of the molecule is NC(CCC(=O)CC(CSSc1ccccn1)C(=O)NCC(=O)O)C(=O)O. The average molecular weight is 415 g/mol. The lowest BCUT2D eigenvalue weighted by Crippen LogP contribution is -2.37. The van der Waals surface area contributed by atoms with Gasteiger partial charge >= 0.3 is 11.9 Å². The van der Waals surface area contributed by atoms with E-state index in [1.165, 1.54) is 21.6 Å². The highest BCUT2D eigenvalue weighted by Crippen LogP contribution is 2.31. The van der Waals surface area contributed by atoms with Crippen LogP contribution < -0.4 is 11.1 Å². The Labute approximate surface area is 163 Å². The maximum atomic E-state index is 12.2. The fourth-order valence-electron chi connectivity index (χ4n) is 1.92. The van der Waals surface area contributed by atoms with Gasteiger partial charge < -0.3 is 21.3 Å². The van der Waals surface area contributed by atoms with E-state index >= 15 is 0 Å². The average Bonchev–Trinajstić information content (AvgIpc) is 2.64. The maximum Gasteiger partial charge on any atom is 0.322 e. The molecule has 9 nitrogen and oxygen atoms in total. The van der Waals surface area contributed by atoms with Gasteiger partial charge in [-0.05, 0) is 29.3 Å². The van der Waals surface area contributed by atoms with Crippen molar-refractivity contribution in [2.75, 3.05) is 12.3 Å². The first kappa shape index (κ1) is 22.9. The summed E-state index contributed by atoms with van der Waals surface area (Å²) in [5, 5.41) is 20.4. The van der Waals surface area contributed by atoms with Gasteiger partial charge in [-0.2, -0.15) is 0 Å². The molecule has 2 atom stereocenters. The molecule has 0 saturated heterocycles. The van der Waals surface area contributed by atoms with E-state index < -0.39 is 36.4 Å². The highest BCUT2D eigenvalue weighted by atomic mass is 33.1. The molecule has 0 saturated carbocycles. The fraction of sp³-hybridized carbons (Fsp3) is 0.438. The molecular formula is C16H21N3O6S2. The van der Waals surface area contributed by atoms with Crippen molar-refractivity contribution in [1.29, 1.82) is 0 Å². The number of aromatic nitrogens is 1. The number of carboxylic acid groups (broad SMARTS) is 2. The lowest BCUT2D eigenvalue weighted by Gasteiger charge is -2.15. The summed E-state index contributed by atoms with van der Waals surface area (Å²) in [5.41, 5.74) is 5.37. The number of nitrogens with two attached hydrogens (primary N) is 1. The molecule has 1 amide bonds. The van der Waals surface area contributed by atoms with Gasteiger partial charge in [0.1, 0.15) is 23.4 Å². The van der Waals surface area contributed by atoms with Gasteiger partial charge in [-0.25, -0.2) is 4.98 Å². The Bertz CT molecular complexity index is 659. The molecule has 5 N–H and O–H groups in total. The minimum atomic E-state index is -1.19. The molecular weight excluding hydrogens is 394 g/mol. The Morgan fingerprint density at radius 2 is 1.96 bits per heavy atom. The molecule has 2 unspecified atom stereocenters. The Morgan fingerprint density at radius 1 is 1.22 bits per heavy atom. The summed E-state index contributed by atoms with van der Waals surface area (Å²) in [6.45, 7) is -0.536. The molecule has 1 heterocycles. The van der Waals surface area contributed by atoms with Crippen LogP contribution in [0.25, 0.3) is 0 Å². The topological polar surface area (TPSA) is 160 Å². The minimum absolute atomic E-state index is 0.0204. The molecule has 0 aliphatic carbocycles. The zero-order valence-corrected chi connectivity index (χ0v) is 16.0. The summed E-state index contributed by atoms with van der Waals surface area (Å²) in [4.78, 5) is 49.7. The van der Waals surface area contributed by atoms with E-state index in [1.807, 2.05) is 6.07 Å². The van der Waals surface area contributed by atoms with E-state index in [9.17, 15) is 19.2 Å². The number of nitrogens with one attached hydrogen (secondary N) is 1. The number of hydrogen-bond donors (Lipinski definition) is 4. The zero-order valence-electron chi connectivity index (χ0n) is 14.4. The predicted octanol–water partition coefficient (Wildman–Crippen LogP) is 0.790. The van der Waals surface area contributed by atoms with Crippen LogP contribution in [0.1, 0.15) is 19.3 Å². The molecule has 148 valence electrons. The highest BCUT2D eigenvalue weighted by Gasteiger charge is 2.23. The molecule has 0 spiro atoms. The Kier molecular flexibility index (Phi) is 10.5. The van der Waals surface area contributed by atoms with Crippen molar-refractivity contribution < 1.29 is 29.4 Å². The highest BCUT2D eigenvalue weighted by molar-refractivity contribution is 8.76. The van der Waals surface area contributed by atoms with Crippen molar-refractivity contribution in [2.45, 2.75) is 30.3 Å². The van der Waals surface area contributed by atoms with Gasteiger partial charge in [-0.1, -0.05) is 16.9 Å². The maximum absolute atomic E-state index is 12.2. The Balaban J connectivity index is 2.58. The largest absolute Gasteiger partial charge is 0.480 e. The second-order valence-electron chi connectivity index (χ2n) is 5.57. The number of ketones is 1. The fourth-order valence-corrected chi connectivity index (χ4v) is 4.14. The van der Waals surface area contributed by atoms with Crippen molar-refractivity contribution >= 4 is 45.2 Å². The van der Waals surface area contributed by atoms with Crippen LogP contribution in [-0.4, -0.2) is 57.2 Å². The van der Waals surface area contributed by atoms with Gasteiger partial charge in [0.15, 0.2) is 0 Å². The smallest absolute Gasteiger partial charge is 0.322 e. The van der Waals surface area contributed by atoms with Crippen molar-refractivity contribution in [2.24, 2.45) is 11.7 Å². The van der Waals surface area contributed by atoms with Crippen LogP contribution in [0.3, 0.4) is 0 Å². The number of carboxylic acids is 2. The van der Waals surface area contributed by atoms with E-state index in [0.717, 1.165) is 5.03 Å². The molecule has 11 heteroatoms. The number of hydrogen-bond acceptors (Lipinski definition) is 8. The summed E-state index contributed by atoms with van der Waals surface area (Å²) >= 11 is 0. The zero-order chi connectivity index (χ0) is 20.2. The summed E-state index contributed by atoms with van der Waals surface area (Å²) in [5.74, 6) is -3.69. The first-order valence-corrected chi connectivity index (χ1v) is 10.3. The predicted molar refractivity (Wildman–Crippen MR) is 101 cm³/mol. The van der Waals surface area contributed by atoms with Crippen LogP contribution in [-0.2, 0) is 19.2 Å². The quantitative estimate of drug-likeness (QED) is 0.339. The minimum Gasteiger partial charge on any atom is -0.480 e. The summed E-state index contributed by atoms with van der Waals surface area (Å²) in [6.07, 6.45) is 1.43. The van der Waals surface area contributed by atoms with Crippen molar-refractivity contribution in [3.05, 3.63) is 24.4 Å². The first-order valence-electron chi connectivity index (χ1n) is 7.99. The van der Waals surface area contributed by atoms with Crippen LogP contribution in [0.4, 0.5) is 0 Å². The standard InChI is InChI=1S/C16H21N3O6S2/c17-12(16(24)25)5-4-11(20)7-10(15(23)19-8-14(21)22)9-26-27-13-3-1-2-6-18-13/h1-3,6,10,12H,4-5,7-9,17H2,(H,19,23)(H,21,22)(H,24,25). The van der Waals surface area contributed by atoms with Gasteiger partial charge in [-0.15, -0.1) is 0 Å². The number of aliphatic carboxylic acids is 2. The monoisotopic (exact) mass is 415 g/mol. The molecule has 27 heavy (non-hydrogen) atoms. The van der Waals surface area contributed by atoms with Crippen LogP contribution in [0.5, 0.6) is 0 Å². The van der Waals surface area contributed by atoms with E-state index in [0.29, 0.717) is 0 Å². The molecule has 0 aliphatic rings. The third-order valence-corrected chi connectivity index (χ3v) is 5.70. The second kappa shape index (κ2) is 12.3. The molecule has 0 bridgehead atoms. The molecule has 0 aliphatic heterocycles. The normalized spacial score (nSPS) is 12.8. The molecule has 1 aromatic heterocycles. The molecule has 0 radical (unpaired) electrons. The van der Waals surface area contributed by atoms with Crippen molar-refractivity contribution in [3.63, 3.8) is 0 Å². The van der Waals surface area contributed by atoms with Gasteiger partial charge in [0.05, 0.1) is 5.92 Å². The first-order chi connectivity index (χ1) is 12.8. The summed E-state index contributed by atoms with van der Waals surface area (Å²) in [6, 6.07) is 4.26. The van der Waals surface area contributed by atoms with E-state index in [1.54, 1.807) is 18.3 Å². The third-order valence-electron chi connectivity index (χ3n) is 3.36. The number of rotatable bonds is 13. The van der Waals surface area contributed by atoms with E-state index in [-0.39, 0.29) is 30.8 Å². The Morgan fingerprint density at radius 3 is 2.56 bits per heavy atom. The second-order valence-corrected chi connectivity index (χ2v) is 7.93. The summed E-state index contributed by atoms with van der Waals surface area (Å²) in [7, 11) is 2.66. The number of carbonyl (C=O) groups is 4. The number of nitrogens with zero attached hydrogens (tertiary/aromatic N) is 1. The lowest BCUT2D eigenvalue weighted by molar-refractivity contribution is -0.139. The number of pyridine rings is 1. The Hall–Kier alpha value is -2.11. The number of Topliss-reactive ketones (excluding diaryl/α,β-unsaturated/α-hetero) is 1. The van der Waals surface area contributed by atoms with Gasteiger partial charge in [0.25, 0.3) is 0 Å². The molecule has 0 fully saturated rings. The van der Waals surface area contributed by atoms with Crippen LogP contribution in [0, 0.1) is 5.92 Å². The number of amides is 1. The number of carbonyl (C=O) groups excluding carboxylic acids is 2. The van der Waals surface area contributed by atoms with Crippen molar-refractivity contribution in [1.82, 2.24) is 10.3 Å². The van der Waals surface area contributed by atoms with E-state index in [4.69, 9.17) is 15.9 Å². The molecule has 1 rings (SSSR count). The lowest BCUT2D eigenvalue weighted by atomic mass is 9.99. The molecule has 0 aromatic carbocycles. The van der Waals surface area contributed by atoms with Gasteiger partial charge in [-0.3, -0.25) is 19.2 Å². The van der Waals surface area contributed by atoms with Crippen LogP contribution in [0.2, 0.25) is 0 Å². The van der Waals surface area contributed by atoms with Crippen molar-refractivity contribution in [3.8, 4) is 0 Å². The van der Waals surface area contributed by atoms with Gasteiger partial charge in [0.2, 0.25) is 5.91 Å². The molecule has 1 aromatic rings. The summed E-state index contributed by atoms with van der Waals surface area (Å²) < 4.78 is 0. The van der Waals surface area contributed by atoms with Gasteiger partial charge in [0, 0.05) is 24.8 Å². The van der Waals surface area contributed by atoms with Crippen LogP contribution in [0.15, 0.2) is 29.4 Å². The van der Waals surface area contributed by atoms with E-state index in [2.05, 4.69) is 10.3 Å². The van der Waals surface area contributed by atoms with Crippen LogP contribution >= 0.6 is 21.6 Å². The third kappa shape index (κ3) is 9.97.